The molecule has 2 nitrogen and oxygen atoms in total. The van der Waals surface area contributed by atoms with Crippen LogP contribution in [0.4, 0.5) is 0 Å². The zero-order chi connectivity index (χ0) is 7.73. The van der Waals surface area contributed by atoms with Crippen LogP contribution in [-0.2, 0) is 4.74 Å². The summed E-state index contributed by atoms with van der Waals surface area (Å²) in [5.41, 5.74) is 0.592. The third-order valence-electron chi connectivity index (χ3n) is 2.87. The van der Waals surface area contributed by atoms with Crippen LogP contribution in [0.1, 0.15) is 19.8 Å². The molecular formula is C9H17NO. The monoisotopic (exact) mass is 155 g/mol. The van der Waals surface area contributed by atoms with Crippen molar-refractivity contribution in [1.29, 1.82) is 0 Å². The van der Waals surface area contributed by atoms with Gasteiger partial charge in [0.05, 0.1) is 13.2 Å². The maximum absolute atomic E-state index is 5.26. The van der Waals surface area contributed by atoms with E-state index >= 15 is 0 Å². The molecule has 2 fully saturated rings. The molecule has 1 spiro atoms. The summed E-state index contributed by atoms with van der Waals surface area (Å²) in [7, 11) is 0. The Labute approximate surface area is 68.5 Å². The lowest BCUT2D eigenvalue weighted by Gasteiger charge is -2.37. The van der Waals surface area contributed by atoms with Gasteiger partial charge in [-0.05, 0) is 25.9 Å². The van der Waals surface area contributed by atoms with Crippen molar-refractivity contribution in [2.24, 2.45) is 5.41 Å². The predicted molar refractivity (Wildman–Crippen MR) is 44.6 cm³/mol. The van der Waals surface area contributed by atoms with Crippen LogP contribution in [0.3, 0.4) is 0 Å². The number of hydrogen-bond acceptors (Lipinski definition) is 2. The molecule has 0 N–H and O–H groups in total. The maximum atomic E-state index is 5.26. The molecule has 0 radical (unpaired) electrons. The summed E-state index contributed by atoms with van der Waals surface area (Å²) < 4.78 is 5.26. The molecule has 0 aromatic heterocycles. The van der Waals surface area contributed by atoms with E-state index in [1.165, 1.54) is 32.5 Å². The first-order chi connectivity index (χ1) is 5.35. The molecule has 0 unspecified atom stereocenters. The summed E-state index contributed by atoms with van der Waals surface area (Å²) in [5.74, 6) is 0. The Hall–Kier alpha value is -0.0800. The summed E-state index contributed by atoms with van der Waals surface area (Å²) >= 11 is 0. The fourth-order valence-electron chi connectivity index (χ4n) is 2.16. The summed E-state index contributed by atoms with van der Waals surface area (Å²) in [6, 6.07) is 0. The average molecular weight is 155 g/mol. The first kappa shape index (κ1) is 7.56. The molecule has 0 bridgehead atoms. The van der Waals surface area contributed by atoms with Crippen LogP contribution in [0.25, 0.3) is 0 Å². The van der Waals surface area contributed by atoms with Gasteiger partial charge in [-0.3, -0.25) is 0 Å². The molecule has 64 valence electrons. The van der Waals surface area contributed by atoms with Crippen LogP contribution in [0.15, 0.2) is 0 Å². The summed E-state index contributed by atoms with van der Waals surface area (Å²) in [5, 5.41) is 0. The number of hydrogen-bond donors (Lipinski definition) is 0. The lowest BCUT2D eigenvalue weighted by atomic mass is 9.85. The average Bonchev–Trinajstić information content (AvgIpc) is 2.32. The van der Waals surface area contributed by atoms with Gasteiger partial charge in [0.25, 0.3) is 0 Å². The fraction of sp³-hybridized carbons (Fsp3) is 1.00. The van der Waals surface area contributed by atoms with Crippen molar-refractivity contribution in [2.75, 3.05) is 32.8 Å². The Morgan fingerprint density at radius 1 is 1.45 bits per heavy atom. The minimum absolute atomic E-state index is 0.592. The third-order valence-corrected chi connectivity index (χ3v) is 2.87. The summed E-state index contributed by atoms with van der Waals surface area (Å²) in [4.78, 5) is 2.57. The lowest BCUT2D eigenvalue weighted by Crippen LogP contribution is -2.44. The van der Waals surface area contributed by atoms with Gasteiger partial charge in [-0.1, -0.05) is 6.92 Å². The highest BCUT2D eigenvalue weighted by atomic mass is 16.5. The second-order valence-electron chi connectivity index (χ2n) is 4.02. The van der Waals surface area contributed by atoms with Crippen molar-refractivity contribution in [3.63, 3.8) is 0 Å². The molecule has 11 heavy (non-hydrogen) atoms. The molecular weight excluding hydrogens is 138 g/mol. The van der Waals surface area contributed by atoms with Crippen LogP contribution in [0.5, 0.6) is 0 Å². The molecule has 0 amide bonds. The minimum Gasteiger partial charge on any atom is -0.380 e. The second-order valence-corrected chi connectivity index (χ2v) is 4.02. The van der Waals surface area contributed by atoms with E-state index in [1.54, 1.807) is 0 Å². The van der Waals surface area contributed by atoms with Gasteiger partial charge < -0.3 is 9.64 Å². The molecule has 0 atom stereocenters. The molecule has 0 aromatic rings. The normalized spacial score (nSPS) is 29.2. The zero-order valence-corrected chi connectivity index (χ0v) is 7.31. The molecule has 0 aromatic carbocycles. The quantitative estimate of drug-likeness (QED) is 0.592. The zero-order valence-electron chi connectivity index (χ0n) is 7.31. The minimum atomic E-state index is 0.592. The first-order valence-electron chi connectivity index (χ1n) is 4.65. The van der Waals surface area contributed by atoms with Crippen LogP contribution in [0.2, 0.25) is 0 Å². The Morgan fingerprint density at radius 2 is 2.27 bits per heavy atom. The van der Waals surface area contributed by atoms with Crippen LogP contribution in [0, 0.1) is 5.41 Å². The van der Waals surface area contributed by atoms with E-state index in [0.29, 0.717) is 5.41 Å². The number of likely N-dealkylation sites (tertiary alicyclic amines) is 1. The number of rotatable bonds is 2. The van der Waals surface area contributed by atoms with Gasteiger partial charge in [-0.25, -0.2) is 0 Å². The summed E-state index contributed by atoms with van der Waals surface area (Å²) in [6.45, 7) is 8.17. The van der Waals surface area contributed by atoms with Crippen molar-refractivity contribution >= 4 is 0 Å². The summed E-state index contributed by atoms with van der Waals surface area (Å²) in [6.07, 6.45) is 2.66. The first-order valence-corrected chi connectivity index (χ1v) is 4.65. The van der Waals surface area contributed by atoms with E-state index in [0.717, 1.165) is 13.2 Å². The van der Waals surface area contributed by atoms with Gasteiger partial charge in [-0.15, -0.1) is 0 Å². The molecule has 0 saturated carbocycles. The largest absolute Gasteiger partial charge is 0.380 e. The molecule has 2 rings (SSSR count). The number of ether oxygens (including phenoxy) is 1. The SMILES string of the molecule is CCCN1CCC2(COC2)C1. The van der Waals surface area contributed by atoms with Crippen LogP contribution < -0.4 is 0 Å². The molecule has 2 aliphatic rings. The molecule has 0 aliphatic carbocycles. The van der Waals surface area contributed by atoms with E-state index in [4.69, 9.17) is 4.74 Å². The fourth-order valence-corrected chi connectivity index (χ4v) is 2.16. The van der Waals surface area contributed by atoms with E-state index in [9.17, 15) is 0 Å². The van der Waals surface area contributed by atoms with Crippen molar-refractivity contribution in [3.05, 3.63) is 0 Å². The Bertz CT molecular complexity index is 142. The molecule has 2 aliphatic heterocycles. The standard InChI is InChI=1S/C9H17NO/c1-2-4-10-5-3-9(6-10)7-11-8-9/h2-8H2,1H3. The Balaban J connectivity index is 1.83. The van der Waals surface area contributed by atoms with E-state index in [1.807, 2.05) is 0 Å². The maximum Gasteiger partial charge on any atom is 0.0557 e. The van der Waals surface area contributed by atoms with Crippen molar-refractivity contribution in [1.82, 2.24) is 4.90 Å². The molecule has 2 heterocycles. The molecule has 2 saturated heterocycles. The van der Waals surface area contributed by atoms with Crippen LogP contribution in [-0.4, -0.2) is 37.7 Å². The smallest absolute Gasteiger partial charge is 0.0557 e. The van der Waals surface area contributed by atoms with Gasteiger partial charge >= 0.3 is 0 Å². The van der Waals surface area contributed by atoms with Gasteiger partial charge in [0.1, 0.15) is 0 Å². The second kappa shape index (κ2) is 2.76. The van der Waals surface area contributed by atoms with Crippen LogP contribution >= 0.6 is 0 Å². The highest BCUT2D eigenvalue weighted by molar-refractivity contribution is 4.94. The lowest BCUT2D eigenvalue weighted by molar-refractivity contribution is -0.104. The van der Waals surface area contributed by atoms with Crippen molar-refractivity contribution < 1.29 is 4.74 Å². The van der Waals surface area contributed by atoms with Gasteiger partial charge in [0.2, 0.25) is 0 Å². The predicted octanol–water partition coefficient (Wildman–Crippen LogP) is 1.12. The highest BCUT2D eigenvalue weighted by Gasteiger charge is 2.43. The Morgan fingerprint density at radius 3 is 2.73 bits per heavy atom. The molecule has 2 heteroatoms. The highest BCUT2D eigenvalue weighted by Crippen LogP contribution is 2.37. The van der Waals surface area contributed by atoms with Crippen molar-refractivity contribution in [2.45, 2.75) is 19.8 Å². The van der Waals surface area contributed by atoms with E-state index in [-0.39, 0.29) is 0 Å². The van der Waals surface area contributed by atoms with E-state index in [2.05, 4.69) is 11.8 Å². The van der Waals surface area contributed by atoms with Gasteiger partial charge in [-0.2, -0.15) is 0 Å². The van der Waals surface area contributed by atoms with Gasteiger partial charge in [0.15, 0.2) is 0 Å². The Kier molecular flexibility index (Phi) is 1.90. The third kappa shape index (κ3) is 1.30. The topological polar surface area (TPSA) is 12.5 Å². The van der Waals surface area contributed by atoms with E-state index < -0.39 is 0 Å². The van der Waals surface area contributed by atoms with Gasteiger partial charge in [0, 0.05) is 12.0 Å². The number of nitrogens with zero attached hydrogens (tertiary/aromatic N) is 1. The van der Waals surface area contributed by atoms with Crippen molar-refractivity contribution in [3.8, 4) is 0 Å².